The summed E-state index contributed by atoms with van der Waals surface area (Å²) in [6.07, 6.45) is 6.06. The van der Waals surface area contributed by atoms with Crippen LogP contribution < -0.4 is 15.2 Å². The third kappa shape index (κ3) is 2.98. The zero-order chi connectivity index (χ0) is 21.3. The molecule has 160 valence electrons. The summed E-state index contributed by atoms with van der Waals surface area (Å²) in [6, 6.07) is -0.754. The van der Waals surface area contributed by atoms with Crippen molar-refractivity contribution >= 4 is 37.6 Å². The topological polar surface area (TPSA) is 132 Å². The van der Waals surface area contributed by atoms with Crippen LogP contribution in [0.2, 0.25) is 0 Å². The number of rotatable bonds is 3. The Labute approximate surface area is 182 Å². The number of benzene rings is 1. The summed E-state index contributed by atoms with van der Waals surface area (Å²) >= 11 is 3.71. The van der Waals surface area contributed by atoms with Gasteiger partial charge in [-0.25, -0.2) is 18.8 Å². The number of nitrogens with zero attached hydrogens (tertiary/aromatic N) is 3. The first-order valence-corrected chi connectivity index (χ1v) is 12.2. The molecule has 11 heteroatoms. The van der Waals surface area contributed by atoms with Crippen molar-refractivity contribution in [3.63, 3.8) is 0 Å². The zero-order valence-electron chi connectivity index (χ0n) is 16.4. The van der Waals surface area contributed by atoms with Gasteiger partial charge >= 0.3 is 6.03 Å². The summed E-state index contributed by atoms with van der Waals surface area (Å²) in [5.74, 6) is 0.171. The molecule has 3 aliphatic rings. The number of anilines is 1. The lowest BCUT2D eigenvalue weighted by atomic mass is 9.83. The summed E-state index contributed by atoms with van der Waals surface area (Å²) in [7, 11) is -3.58. The number of nitrogens with two attached hydrogens (primary N) is 1. The minimum Gasteiger partial charge on any atom is -0.466 e. The van der Waals surface area contributed by atoms with E-state index in [1.54, 1.807) is 6.92 Å². The van der Waals surface area contributed by atoms with E-state index in [0.717, 1.165) is 53.4 Å². The van der Waals surface area contributed by atoms with E-state index < -0.39 is 21.5 Å². The third-order valence-corrected chi connectivity index (χ3v) is 8.33. The van der Waals surface area contributed by atoms with E-state index in [2.05, 4.69) is 30.7 Å². The maximum atomic E-state index is 13.1. The molecule has 0 radical (unpaired) electrons. The Kier molecular flexibility index (Phi) is 4.51. The first-order valence-electron chi connectivity index (χ1n) is 9.79. The predicted octanol–water partition coefficient (Wildman–Crippen LogP) is 2.31. The lowest BCUT2D eigenvalue weighted by Gasteiger charge is -2.27. The number of urea groups is 1. The fourth-order valence-electron chi connectivity index (χ4n) is 4.41. The van der Waals surface area contributed by atoms with Gasteiger partial charge in [0.05, 0.1) is 19.3 Å². The van der Waals surface area contributed by atoms with Crippen molar-refractivity contribution in [1.29, 1.82) is 0 Å². The summed E-state index contributed by atoms with van der Waals surface area (Å²) in [5.41, 5.74) is 4.62. The van der Waals surface area contributed by atoms with Gasteiger partial charge in [0.15, 0.2) is 15.5 Å². The number of halogens is 1. The highest BCUT2D eigenvalue weighted by Crippen LogP contribution is 2.45. The normalized spacial score (nSPS) is 22.9. The van der Waals surface area contributed by atoms with Crippen molar-refractivity contribution < 1.29 is 18.8 Å². The standard InChI is InChI=1S/C19H22BrN5O4S/c1-19(9-26)8-25-17(29-19)14(7-22-25)30(21,28)24-18(27)23-16-12-4-2-3-10(12)15(20)11-5-6-13(11)16/h7,26H,2-6,8-9H2,1H3,(H3,21,23,24,27,28)/t19-,30?/m1/s1. The lowest BCUT2D eigenvalue weighted by Crippen LogP contribution is -2.35. The minimum atomic E-state index is -3.58. The Morgan fingerprint density at radius 1 is 1.37 bits per heavy atom. The van der Waals surface area contributed by atoms with Crippen LogP contribution in [-0.4, -0.2) is 37.3 Å². The number of aliphatic hydroxyl groups excluding tert-OH is 1. The van der Waals surface area contributed by atoms with Crippen LogP contribution in [0.15, 0.2) is 19.9 Å². The average Bonchev–Trinajstić information content (AvgIpc) is 3.32. The number of nitrogens with one attached hydrogen (secondary N) is 1. The molecule has 2 heterocycles. The van der Waals surface area contributed by atoms with E-state index >= 15 is 0 Å². The van der Waals surface area contributed by atoms with Gasteiger partial charge in [-0.2, -0.15) is 5.10 Å². The summed E-state index contributed by atoms with van der Waals surface area (Å²) < 4.78 is 25.2. The van der Waals surface area contributed by atoms with Gasteiger partial charge in [0.25, 0.3) is 0 Å². The summed E-state index contributed by atoms with van der Waals surface area (Å²) in [4.78, 5) is 12.8. The van der Waals surface area contributed by atoms with Gasteiger partial charge in [0.2, 0.25) is 5.88 Å². The van der Waals surface area contributed by atoms with E-state index in [1.165, 1.54) is 22.0 Å². The molecule has 2 atom stereocenters. The Morgan fingerprint density at radius 3 is 2.73 bits per heavy atom. The maximum absolute atomic E-state index is 13.1. The van der Waals surface area contributed by atoms with Crippen LogP contribution in [0.5, 0.6) is 5.88 Å². The number of ether oxygens (including phenoxy) is 1. The van der Waals surface area contributed by atoms with Crippen molar-refractivity contribution in [3.05, 3.63) is 32.9 Å². The van der Waals surface area contributed by atoms with E-state index in [1.807, 2.05) is 0 Å². The lowest BCUT2D eigenvalue weighted by molar-refractivity contribution is 0.0399. The summed E-state index contributed by atoms with van der Waals surface area (Å²) in [6.45, 7) is 1.76. The molecule has 30 heavy (non-hydrogen) atoms. The predicted molar refractivity (Wildman–Crippen MR) is 114 cm³/mol. The molecule has 2 aliphatic carbocycles. The number of aliphatic hydroxyl groups is 1. The summed E-state index contributed by atoms with van der Waals surface area (Å²) in [5, 5.41) is 22.4. The molecule has 0 saturated heterocycles. The first-order chi connectivity index (χ1) is 14.2. The van der Waals surface area contributed by atoms with Crippen molar-refractivity contribution in [2.45, 2.75) is 56.1 Å². The fraction of sp³-hybridized carbons (Fsp3) is 0.474. The van der Waals surface area contributed by atoms with Gasteiger partial charge in [0, 0.05) is 10.2 Å². The number of carbonyl (C=O) groups excluding carboxylic acids is 1. The van der Waals surface area contributed by atoms with Crippen LogP contribution in [-0.2, 0) is 42.1 Å². The molecule has 4 N–H and O–H groups in total. The van der Waals surface area contributed by atoms with Crippen molar-refractivity contribution in [2.24, 2.45) is 9.50 Å². The van der Waals surface area contributed by atoms with Gasteiger partial charge in [-0.05, 0) is 61.3 Å². The molecule has 1 aromatic heterocycles. The molecule has 2 aromatic rings. The molecular formula is C19H22BrN5O4S. The van der Waals surface area contributed by atoms with Gasteiger partial charge in [-0.15, -0.1) is 4.36 Å². The van der Waals surface area contributed by atoms with Crippen LogP contribution in [0.1, 0.15) is 35.6 Å². The molecule has 1 aliphatic heterocycles. The molecule has 9 nitrogen and oxygen atoms in total. The highest BCUT2D eigenvalue weighted by atomic mass is 79.9. The number of hydrogen-bond acceptors (Lipinski definition) is 5. The largest absolute Gasteiger partial charge is 0.466 e. The van der Waals surface area contributed by atoms with Gasteiger partial charge in [-0.3, -0.25) is 0 Å². The van der Waals surface area contributed by atoms with E-state index in [4.69, 9.17) is 9.88 Å². The molecule has 0 fully saturated rings. The number of aromatic nitrogens is 2. The van der Waals surface area contributed by atoms with E-state index in [0.29, 0.717) is 0 Å². The van der Waals surface area contributed by atoms with Crippen LogP contribution in [0.4, 0.5) is 10.5 Å². The number of carbonyl (C=O) groups is 1. The first kappa shape index (κ1) is 20.0. The molecule has 5 rings (SSSR count). The Morgan fingerprint density at radius 2 is 2.03 bits per heavy atom. The molecule has 1 aromatic carbocycles. The molecule has 1 unspecified atom stereocenters. The van der Waals surface area contributed by atoms with Gasteiger partial charge in [-0.1, -0.05) is 15.9 Å². The number of fused-ring (bicyclic) bond motifs is 3. The SMILES string of the molecule is C[C@]1(CO)Cn2ncc(S(N)(=O)=NC(=O)Nc3c4c(c(Br)c5c3CC5)CCC4)c2O1. The van der Waals surface area contributed by atoms with Crippen LogP contribution in [0, 0.1) is 0 Å². The minimum absolute atomic E-state index is 0.0452. The van der Waals surface area contributed by atoms with Crippen molar-refractivity contribution in [2.75, 3.05) is 11.9 Å². The number of amides is 2. The second-order valence-corrected chi connectivity index (χ2v) is 10.8. The quantitative estimate of drug-likeness (QED) is 0.600. The second kappa shape index (κ2) is 6.78. The Hall–Kier alpha value is -1.95. The van der Waals surface area contributed by atoms with E-state index in [9.17, 15) is 14.1 Å². The van der Waals surface area contributed by atoms with Crippen LogP contribution >= 0.6 is 15.9 Å². The second-order valence-electron chi connectivity index (χ2n) is 8.23. The Bertz CT molecular complexity index is 1220. The highest BCUT2D eigenvalue weighted by Gasteiger charge is 2.39. The zero-order valence-corrected chi connectivity index (χ0v) is 18.8. The third-order valence-electron chi connectivity index (χ3n) is 6.03. The number of hydrogen-bond donors (Lipinski definition) is 3. The van der Waals surface area contributed by atoms with Crippen LogP contribution in [0.3, 0.4) is 0 Å². The fourth-order valence-corrected chi connectivity index (χ4v) is 6.27. The average molecular weight is 496 g/mol. The molecule has 0 bridgehead atoms. The van der Waals surface area contributed by atoms with E-state index in [-0.39, 0.29) is 23.9 Å². The molecule has 0 spiro atoms. The van der Waals surface area contributed by atoms with Crippen molar-refractivity contribution in [1.82, 2.24) is 9.78 Å². The van der Waals surface area contributed by atoms with Gasteiger partial charge in [0.1, 0.15) is 4.90 Å². The smallest absolute Gasteiger partial charge is 0.354 e. The monoisotopic (exact) mass is 495 g/mol. The maximum Gasteiger partial charge on any atom is 0.354 e. The van der Waals surface area contributed by atoms with Gasteiger partial charge < -0.3 is 15.2 Å². The van der Waals surface area contributed by atoms with Crippen LogP contribution in [0.25, 0.3) is 0 Å². The van der Waals surface area contributed by atoms with Crippen molar-refractivity contribution in [3.8, 4) is 5.88 Å². The Balaban J connectivity index is 1.47. The molecule has 2 amide bonds. The highest BCUT2D eigenvalue weighted by molar-refractivity contribution is 9.10. The molecule has 0 saturated carbocycles. The molecular weight excluding hydrogens is 474 g/mol.